The van der Waals surface area contributed by atoms with Crippen LogP contribution in [0.2, 0.25) is 5.02 Å². The van der Waals surface area contributed by atoms with Gasteiger partial charge in [0.15, 0.2) is 0 Å². The SMILES string of the molecule is Cc1cc(C(=O)Nc2ccc(S(=O)(=O)Nc3cc(Cl)ccc3C)cc2)ccc1NS(=O)(=O)c1ccccc1. The van der Waals surface area contributed by atoms with Crippen molar-refractivity contribution in [2.45, 2.75) is 23.6 Å². The van der Waals surface area contributed by atoms with Crippen LogP contribution in [0.1, 0.15) is 21.5 Å². The summed E-state index contributed by atoms with van der Waals surface area (Å²) in [5.74, 6) is -0.436. The highest BCUT2D eigenvalue weighted by Crippen LogP contribution is 2.25. The minimum atomic E-state index is -3.87. The van der Waals surface area contributed by atoms with Crippen molar-refractivity contribution in [2.75, 3.05) is 14.8 Å². The smallest absolute Gasteiger partial charge is 0.261 e. The van der Waals surface area contributed by atoms with E-state index >= 15 is 0 Å². The van der Waals surface area contributed by atoms with Gasteiger partial charge in [0.25, 0.3) is 26.0 Å². The van der Waals surface area contributed by atoms with Crippen LogP contribution in [0.15, 0.2) is 101 Å². The van der Waals surface area contributed by atoms with E-state index in [-0.39, 0.29) is 9.79 Å². The number of aryl methyl sites for hydroxylation is 2. The largest absolute Gasteiger partial charge is 0.322 e. The first-order valence-corrected chi connectivity index (χ1v) is 14.7. The van der Waals surface area contributed by atoms with Gasteiger partial charge in [-0.25, -0.2) is 16.8 Å². The van der Waals surface area contributed by atoms with Crippen molar-refractivity contribution in [1.29, 1.82) is 0 Å². The number of hydrogen-bond acceptors (Lipinski definition) is 5. The minimum absolute atomic E-state index is 0.0146. The van der Waals surface area contributed by atoms with Gasteiger partial charge in [0.1, 0.15) is 0 Å². The minimum Gasteiger partial charge on any atom is -0.322 e. The van der Waals surface area contributed by atoms with E-state index in [0.717, 1.165) is 5.56 Å². The normalized spacial score (nSPS) is 11.6. The standard InChI is InChI=1S/C27H24ClN3O5S2/c1-18-8-10-21(28)17-26(18)31-38(35,36)24-13-11-22(12-14-24)29-27(32)20-9-15-25(19(2)16-20)30-37(33,34)23-6-4-3-5-7-23/h3-17,30-31H,1-2H3,(H,29,32). The molecule has 11 heteroatoms. The lowest BCUT2D eigenvalue weighted by Gasteiger charge is -2.13. The summed E-state index contributed by atoms with van der Waals surface area (Å²) in [6.07, 6.45) is 0. The van der Waals surface area contributed by atoms with Crippen LogP contribution in [0.5, 0.6) is 0 Å². The summed E-state index contributed by atoms with van der Waals surface area (Å²) in [4.78, 5) is 12.9. The zero-order chi connectivity index (χ0) is 27.5. The molecular formula is C27H24ClN3O5S2. The number of rotatable bonds is 8. The molecule has 0 saturated heterocycles. The van der Waals surface area contributed by atoms with Crippen molar-refractivity contribution in [3.05, 3.63) is 113 Å². The van der Waals surface area contributed by atoms with E-state index in [1.807, 2.05) is 0 Å². The predicted octanol–water partition coefficient (Wildman–Crippen LogP) is 5.81. The van der Waals surface area contributed by atoms with Crippen LogP contribution in [-0.2, 0) is 20.0 Å². The van der Waals surface area contributed by atoms with Gasteiger partial charge >= 0.3 is 0 Å². The molecule has 3 N–H and O–H groups in total. The van der Waals surface area contributed by atoms with Crippen molar-refractivity contribution in [1.82, 2.24) is 0 Å². The van der Waals surface area contributed by atoms with E-state index < -0.39 is 26.0 Å². The molecule has 196 valence electrons. The number of halogens is 1. The second kappa shape index (κ2) is 10.9. The summed E-state index contributed by atoms with van der Waals surface area (Å²) in [5, 5.41) is 3.12. The van der Waals surface area contributed by atoms with Gasteiger partial charge in [-0.1, -0.05) is 35.9 Å². The topological polar surface area (TPSA) is 121 Å². The number of hydrogen-bond donors (Lipinski definition) is 3. The summed E-state index contributed by atoms with van der Waals surface area (Å²) >= 11 is 5.98. The number of carbonyl (C=O) groups is 1. The first-order valence-electron chi connectivity index (χ1n) is 11.3. The number of anilines is 3. The van der Waals surface area contributed by atoms with Crippen LogP contribution >= 0.6 is 11.6 Å². The molecule has 0 aliphatic heterocycles. The second-order valence-electron chi connectivity index (χ2n) is 8.49. The quantitative estimate of drug-likeness (QED) is 0.247. The van der Waals surface area contributed by atoms with Crippen molar-refractivity contribution in [3.8, 4) is 0 Å². The molecule has 38 heavy (non-hydrogen) atoms. The van der Waals surface area contributed by atoms with Crippen molar-refractivity contribution in [2.24, 2.45) is 0 Å². The molecule has 4 aromatic rings. The van der Waals surface area contributed by atoms with Gasteiger partial charge in [0.05, 0.1) is 21.2 Å². The summed E-state index contributed by atoms with van der Waals surface area (Å²) < 4.78 is 55.8. The molecule has 0 heterocycles. The first kappa shape index (κ1) is 27.2. The highest BCUT2D eigenvalue weighted by atomic mass is 35.5. The lowest BCUT2D eigenvalue weighted by Crippen LogP contribution is -2.16. The van der Waals surface area contributed by atoms with Crippen LogP contribution in [-0.4, -0.2) is 22.7 Å². The Hall–Kier alpha value is -3.86. The number of amides is 1. The molecular weight excluding hydrogens is 546 g/mol. The van der Waals surface area contributed by atoms with Crippen LogP contribution in [0.25, 0.3) is 0 Å². The third-order valence-electron chi connectivity index (χ3n) is 5.65. The molecule has 4 aromatic carbocycles. The lowest BCUT2D eigenvalue weighted by molar-refractivity contribution is 0.102. The zero-order valence-corrected chi connectivity index (χ0v) is 22.8. The van der Waals surface area contributed by atoms with Gasteiger partial charge in [-0.05, 0) is 91.7 Å². The fourth-order valence-electron chi connectivity index (χ4n) is 3.55. The molecule has 4 rings (SSSR count). The van der Waals surface area contributed by atoms with Crippen LogP contribution in [0.3, 0.4) is 0 Å². The van der Waals surface area contributed by atoms with Crippen LogP contribution < -0.4 is 14.8 Å². The molecule has 0 bridgehead atoms. The molecule has 1 amide bonds. The first-order chi connectivity index (χ1) is 17.9. The Bertz CT molecular complexity index is 1710. The van der Waals surface area contributed by atoms with Gasteiger partial charge in [-0.3, -0.25) is 14.2 Å². The van der Waals surface area contributed by atoms with Gasteiger partial charge in [-0.15, -0.1) is 0 Å². The maximum Gasteiger partial charge on any atom is 0.261 e. The fourth-order valence-corrected chi connectivity index (χ4v) is 6.00. The molecule has 0 aliphatic carbocycles. The molecule has 0 saturated carbocycles. The Morgan fingerprint density at radius 2 is 1.26 bits per heavy atom. The van der Waals surface area contributed by atoms with Gasteiger partial charge in [-0.2, -0.15) is 0 Å². The molecule has 0 aliphatic rings. The highest BCUT2D eigenvalue weighted by Gasteiger charge is 2.18. The van der Waals surface area contributed by atoms with Crippen molar-refractivity contribution in [3.63, 3.8) is 0 Å². The van der Waals surface area contributed by atoms with E-state index in [1.54, 1.807) is 50.2 Å². The Kier molecular flexibility index (Phi) is 7.77. The van der Waals surface area contributed by atoms with Crippen molar-refractivity contribution < 1.29 is 21.6 Å². The van der Waals surface area contributed by atoms with E-state index in [2.05, 4.69) is 14.8 Å². The molecule has 0 atom stereocenters. The average Bonchev–Trinajstić information content (AvgIpc) is 2.88. The van der Waals surface area contributed by atoms with Crippen LogP contribution in [0.4, 0.5) is 17.1 Å². The summed E-state index contributed by atoms with van der Waals surface area (Å²) in [6, 6.07) is 23.2. The predicted molar refractivity (Wildman–Crippen MR) is 150 cm³/mol. The van der Waals surface area contributed by atoms with Gasteiger partial charge < -0.3 is 5.32 Å². The number of nitrogens with one attached hydrogen (secondary N) is 3. The molecule has 0 fully saturated rings. The zero-order valence-electron chi connectivity index (χ0n) is 20.4. The highest BCUT2D eigenvalue weighted by molar-refractivity contribution is 7.93. The summed E-state index contributed by atoms with van der Waals surface area (Å²) in [7, 11) is -7.64. The Balaban J connectivity index is 1.45. The molecule has 0 radical (unpaired) electrons. The Morgan fingerprint density at radius 1 is 0.658 bits per heavy atom. The molecule has 8 nitrogen and oxygen atoms in total. The number of carbonyl (C=O) groups excluding carboxylic acids is 1. The van der Waals surface area contributed by atoms with E-state index in [9.17, 15) is 21.6 Å². The molecule has 0 spiro atoms. The van der Waals surface area contributed by atoms with E-state index in [4.69, 9.17) is 11.6 Å². The van der Waals surface area contributed by atoms with Gasteiger partial charge in [0, 0.05) is 16.3 Å². The Morgan fingerprint density at radius 3 is 1.89 bits per heavy atom. The Labute approximate surface area is 226 Å². The summed E-state index contributed by atoms with van der Waals surface area (Å²) in [6.45, 7) is 3.45. The summed E-state index contributed by atoms with van der Waals surface area (Å²) in [5.41, 5.74) is 2.69. The third-order valence-corrected chi connectivity index (χ3v) is 8.65. The average molecular weight is 570 g/mol. The lowest BCUT2D eigenvalue weighted by atomic mass is 10.1. The van der Waals surface area contributed by atoms with E-state index in [0.29, 0.717) is 33.2 Å². The van der Waals surface area contributed by atoms with Gasteiger partial charge in [0.2, 0.25) is 0 Å². The molecule has 0 aromatic heterocycles. The maximum absolute atomic E-state index is 12.8. The monoisotopic (exact) mass is 569 g/mol. The van der Waals surface area contributed by atoms with Crippen molar-refractivity contribution >= 4 is 54.6 Å². The third kappa shape index (κ3) is 6.34. The number of benzene rings is 4. The fraction of sp³-hybridized carbons (Fsp3) is 0.0741. The number of sulfonamides is 2. The van der Waals surface area contributed by atoms with E-state index in [1.165, 1.54) is 54.6 Å². The van der Waals surface area contributed by atoms with Crippen LogP contribution in [0, 0.1) is 13.8 Å². The molecule has 0 unspecified atom stereocenters. The maximum atomic E-state index is 12.8. The second-order valence-corrected chi connectivity index (χ2v) is 12.3.